The van der Waals surface area contributed by atoms with Gasteiger partial charge in [0.25, 0.3) is 0 Å². The second kappa shape index (κ2) is 5.96. The van der Waals surface area contributed by atoms with Crippen molar-refractivity contribution in [1.82, 2.24) is 24.6 Å². The number of halogens is 1. The lowest BCUT2D eigenvalue weighted by atomic mass is 10.1. The lowest BCUT2D eigenvalue weighted by molar-refractivity contribution is 0.311. The van der Waals surface area contributed by atoms with E-state index < -0.39 is 0 Å². The number of nitrogens with zero attached hydrogens (tertiary/aromatic N) is 6. The average molecular weight is 341 g/mol. The van der Waals surface area contributed by atoms with Crippen molar-refractivity contribution in [3.05, 3.63) is 30.1 Å². The van der Waals surface area contributed by atoms with Gasteiger partial charge in [-0.15, -0.1) is 0 Å². The third-order valence-electron chi connectivity index (χ3n) is 4.63. The maximum atomic E-state index is 13.3. The molecular weight excluding hydrogens is 321 g/mol. The Morgan fingerprint density at radius 3 is 2.36 bits per heavy atom. The molecule has 0 spiro atoms. The third-order valence-corrected chi connectivity index (χ3v) is 4.63. The Morgan fingerprint density at radius 1 is 1.00 bits per heavy atom. The Kier molecular flexibility index (Phi) is 3.76. The smallest absolute Gasteiger partial charge is 0.228 e. The van der Waals surface area contributed by atoms with Crippen LogP contribution in [0.4, 0.5) is 16.2 Å². The molecule has 1 fully saturated rings. The minimum atomic E-state index is -0.285. The number of likely N-dealkylation sites (N-methyl/N-ethyl adjacent to an activating group) is 1. The van der Waals surface area contributed by atoms with Crippen LogP contribution in [-0.2, 0) is 7.05 Å². The zero-order valence-electron chi connectivity index (χ0n) is 14.3. The molecular formula is C17H20FN7. The number of nitrogen functional groups attached to an aromatic ring is 1. The molecule has 0 bridgehead atoms. The Balaban J connectivity index is 1.88. The quantitative estimate of drug-likeness (QED) is 0.761. The molecule has 0 aliphatic carbocycles. The van der Waals surface area contributed by atoms with Crippen molar-refractivity contribution in [2.45, 2.75) is 0 Å². The molecule has 130 valence electrons. The van der Waals surface area contributed by atoms with Gasteiger partial charge in [0, 0.05) is 38.8 Å². The summed E-state index contributed by atoms with van der Waals surface area (Å²) in [7, 11) is 3.88. The number of nitrogens with two attached hydrogens (primary N) is 1. The van der Waals surface area contributed by atoms with Crippen LogP contribution >= 0.6 is 0 Å². The van der Waals surface area contributed by atoms with Gasteiger partial charge in [-0.25, -0.2) is 9.37 Å². The van der Waals surface area contributed by atoms with Gasteiger partial charge in [-0.05, 0) is 31.3 Å². The standard InChI is InChI=1S/C17H20FN7/c1-23-7-9-25(10-8-23)17-20-14(11-3-5-12(18)6-4-11)13-15(19)24(2)22-16(13)21-17/h3-6H,7-10,19H2,1-2H3. The fraction of sp³-hybridized carbons (Fsp3) is 0.353. The van der Waals surface area contributed by atoms with Crippen LogP contribution in [0.15, 0.2) is 24.3 Å². The number of fused-ring (bicyclic) bond motifs is 1. The zero-order chi connectivity index (χ0) is 17.6. The Hall–Kier alpha value is -2.74. The first-order valence-electron chi connectivity index (χ1n) is 8.22. The first kappa shape index (κ1) is 15.8. The highest BCUT2D eigenvalue weighted by atomic mass is 19.1. The zero-order valence-corrected chi connectivity index (χ0v) is 14.3. The van der Waals surface area contributed by atoms with Crippen LogP contribution < -0.4 is 10.6 Å². The molecule has 3 aromatic rings. The van der Waals surface area contributed by atoms with E-state index in [9.17, 15) is 4.39 Å². The van der Waals surface area contributed by atoms with Gasteiger partial charge in [-0.3, -0.25) is 4.68 Å². The van der Waals surface area contributed by atoms with E-state index in [1.807, 2.05) is 0 Å². The van der Waals surface area contributed by atoms with Crippen LogP contribution in [0.5, 0.6) is 0 Å². The molecule has 7 nitrogen and oxygen atoms in total. The van der Waals surface area contributed by atoms with Crippen LogP contribution in [0, 0.1) is 5.82 Å². The molecule has 1 aliphatic heterocycles. The van der Waals surface area contributed by atoms with E-state index in [0.717, 1.165) is 31.7 Å². The molecule has 1 aromatic carbocycles. The van der Waals surface area contributed by atoms with Crippen molar-refractivity contribution in [2.75, 3.05) is 43.9 Å². The summed E-state index contributed by atoms with van der Waals surface area (Å²) in [6, 6.07) is 6.26. The minimum absolute atomic E-state index is 0.285. The number of hydrogen-bond acceptors (Lipinski definition) is 6. The van der Waals surface area contributed by atoms with Gasteiger partial charge in [0.15, 0.2) is 5.65 Å². The van der Waals surface area contributed by atoms with Gasteiger partial charge in [0.05, 0.1) is 11.1 Å². The molecule has 8 heteroatoms. The van der Waals surface area contributed by atoms with Crippen molar-refractivity contribution < 1.29 is 4.39 Å². The summed E-state index contributed by atoms with van der Waals surface area (Å²) < 4.78 is 14.9. The number of aryl methyl sites for hydroxylation is 1. The van der Waals surface area contributed by atoms with Crippen molar-refractivity contribution in [3.63, 3.8) is 0 Å². The summed E-state index contributed by atoms with van der Waals surface area (Å²) in [5.74, 6) is 0.852. The summed E-state index contributed by atoms with van der Waals surface area (Å²) in [6.07, 6.45) is 0. The van der Waals surface area contributed by atoms with E-state index in [0.29, 0.717) is 28.5 Å². The second-order valence-corrected chi connectivity index (χ2v) is 6.38. The molecule has 1 aliphatic rings. The number of aromatic nitrogens is 4. The summed E-state index contributed by atoms with van der Waals surface area (Å²) in [4.78, 5) is 13.8. The van der Waals surface area contributed by atoms with Crippen LogP contribution in [0.25, 0.3) is 22.3 Å². The summed E-state index contributed by atoms with van der Waals surface area (Å²) >= 11 is 0. The molecule has 3 heterocycles. The number of hydrogen-bond donors (Lipinski definition) is 1. The van der Waals surface area contributed by atoms with E-state index in [1.54, 1.807) is 23.9 Å². The van der Waals surface area contributed by atoms with Crippen molar-refractivity contribution >= 4 is 22.8 Å². The summed E-state index contributed by atoms with van der Waals surface area (Å²) in [6.45, 7) is 3.62. The lowest BCUT2D eigenvalue weighted by Crippen LogP contribution is -2.45. The van der Waals surface area contributed by atoms with E-state index in [1.165, 1.54) is 12.1 Å². The number of anilines is 2. The molecule has 2 N–H and O–H groups in total. The molecule has 0 amide bonds. The average Bonchev–Trinajstić information content (AvgIpc) is 2.90. The van der Waals surface area contributed by atoms with E-state index in [2.05, 4.69) is 26.9 Å². The van der Waals surface area contributed by atoms with Gasteiger partial charge >= 0.3 is 0 Å². The molecule has 25 heavy (non-hydrogen) atoms. The fourth-order valence-electron chi connectivity index (χ4n) is 3.07. The molecule has 0 atom stereocenters. The van der Waals surface area contributed by atoms with Gasteiger partial charge in [0.1, 0.15) is 11.6 Å². The maximum absolute atomic E-state index is 13.3. The predicted molar refractivity (Wildman–Crippen MR) is 95.8 cm³/mol. The van der Waals surface area contributed by atoms with Crippen molar-refractivity contribution in [1.29, 1.82) is 0 Å². The second-order valence-electron chi connectivity index (χ2n) is 6.38. The Bertz CT molecular complexity index is 911. The van der Waals surface area contributed by atoms with Gasteiger partial charge < -0.3 is 15.5 Å². The third kappa shape index (κ3) is 2.78. The molecule has 2 aromatic heterocycles. The number of rotatable bonds is 2. The van der Waals surface area contributed by atoms with Crippen molar-refractivity contribution in [3.8, 4) is 11.3 Å². The van der Waals surface area contributed by atoms with Gasteiger partial charge in [0.2, 0.25) is 5.95 Å². The topological polar surface area (TPSA) is 76.1 Å². The highest BCUT2D eigenvalue weighted by molar-refractivity contribution is 5.98. The summed E-state index contributed by atoms with van der Waals surface area (Å²) in [5.41, 5.74) is 8.22. The van der Waals surface area contributed by atoms with Crippen LogP contribution in [0.3, 0.4) is 0 Å². The van der Waals surface area contributed by atoms with Crippen LogP contribution in [0.1, 0.15) is 0 Å². The number of benzene rings is 1. The van der Waals surface area contributed by atoms with E-state index >= 15 is 0 Å². The first-order chi connectivity index (χ1) is 12.0. The SMILES string of the molecule is CN1CCN(c2nc(-c3ccc(F)cc3)c3c(N)n(C)nc3n2)CC1. The monoisotopic (exact) mass is 341 g/mol. The van der Waals surface area contributed by atoms with E-state index in [-0.39, 0.29) is 5.82 Å². The summed E-state index contributed by atoms with van der Waals surface area (Å²) in [5, 5.41) is 5.12. The molecule has 0 radical (unpaired) electrons. The fourth-order valence-corrected chi connectivity index (χ4v) is 3.07. The lowest BCUT2D eigenvalue weighted by Gasteiger charge is -2.32. The normalized spacial score (nSPS) is 15.9. The van der Waals surface area contributed by atoms with Gasteiger partial charge in [-0.1, -0.05) is 0 Å². The highest BCUT2D eigenvalue weighted by Crippen LogP contribution is 2.32. The Morgan fingerprint density at radius 2 is 1.68 bits per heavy atom. The maximum Gasteiger partial charge on any atom is 0.228 e. The van der Waals surface area contributed by atoms with Gasteiger partial charge in [-0.2, -0.15) is 10.1 Å². The molecule has 1 saturated heterocycles. The molecule has 0 unspecified atom stereocenters. The van der Waals surface area contributed by atoms with Crippen LogP contribution in [0.2, 0.25) is 0 Å². The minimum Gasteiger partial charge on any atom is -0.383 e. The highest BCUT2D eigenvalue weighted by Gasteiger charge is 2.22. The van der Waals surface area contributed by atoms with E-state index in [4.69, 9.17) is 10.7 Å². The van der Waals surface area contributed by atoms with Crippen molar-refractivity contribution in [2.24, 2.45) is 7.05 Å². The van der Waals surface area contributed by atoms with Crippen LogP contribution in [-0.4, -0.2) is 57.9 Å². The first-order valence-corrected chi connectivity index (χ1v) is 8.22. The Labute approximate surface area is 144 Å². The largest absolute Gasteiger partial charge is 0.383 e. The molecule has 4 rings (SSSR count). The number of piperazine rings is 1. The molecule has 0 saturated carbocycles. The predicted octanol–water partition coefficient (Wildman–Crippen LogP) is 1.50.